The molecule has 5 nitrogen and oxygen atoms in total. The Kier molecular flexibility index (Phi) is 13.6. The van der Waals surface area contributed by atoms with Crippen molar-refractivity contribution in [3.8, 4) is 0 Å². The van der Waals surface area contributed by atoms with Crippen molar-refractivity contribution in [2.45, 2.75) is 107 Å². The van der Waals surface area contributed by atoms with Gasteiger partial charge in [0.05, 0.1) is 16.2 Å². The Morgan fingerprint density at radius 2 is 1.54 bits per heavy atom. The maximum absolute atomic E-state index is 13.6. The predicted molar refractivity (Wildman–Crippen MR) is 174 cm³/mol. The summed E-state index contributed by atoms with van der Waals surface area (Å²) in [6, 6.07) is 18.5. The summed E-state index contributed by atoms with van der Waals surface area (Å²) in [4.78, 5) is 5.20. The molecular formula is C34H49NO4SSi. The highest BCUT2D eigenvalue weighted by molar-refractivity contribution is 7.92. The minimum atomic E-state index is -3.53. The first-order chi connectivity index (χ1) is 19.7. The summed E-state index contributed by atoms with van der Waals surface area (Å²) < 4.78 is 39.7. The third-order valence-corrected chi connectivity index (χ3v) is 10.1. The fraction of sp³-hybridized carbons (Fsp3) is 0.500. The molecule has 0 N–H and O–H groups in total. The summed E-state index contributed by atoms with van der Waals surface area (Å²) in [6.07, 6.45) is 17.6. The van der Waals surface area contributed by atoms with E-state index in [0.29, 0.717) is 23.8 Å². The molecule has 2 aromatic carbocycles. The zero-order valence-corrected chi connectivity index (χ0v) is 27.2. The highest BCUT2D eigenvalue weighted by Gasteiger charge is 2.31. The second-order valence-corrected chi connectivity index (χ2v) is 18.4. The number of ether oxygens (including phenoxy) is 1. The van der Waals surface area contributed by atoms with Gasteiger partial charge in [-0.25, -0.2) is 13.4 Å². The summed E-state index contributed by atoms with van der Waals surface area (Å²) >= 11 is 0. The molecule has 0 aromatic heterocycles. The van der Waals surface area contributed by atoms with Crippen molar-refractivity contribution in [1.29, 1.82) is 0 Å². The highest BCUT2D eigenvalue weighted by atomic mass is 32.2. The van der Waals surface area contributed by atoms with E-state index in [0.717, 1.165) is 18.4 Å². The van der Waals surface area contributed by atoms with Gasteiger partial charge in [-0.1, -0.05) is 106 Å². The Labute approximate surface area is 249 Å². The topological polar surface area (TPSA) is 65.0 Å². The Balaban J connectivity index is 1.71. The Hall–Kier alpha value is -2.48. The number of unbranched alkanes of at least 4 members (excludes halogenated alkanes) is 7. The van der Waals surface area contributed by atoms with Crippen LogP contribution in [0.15, 0.2) is 94.9 Å². The number of allylic oxidation sites excluding steroid dienone is 2. The molecule has 224 valence electrons. The van der Waals surface area contributed by atoms with E-state index in [2.05, 4.69) is 32.6 Å². The lowest BCUT2D eigenvalue weighted by atomic mass is 10.1. The molecule has 0 fully saturated rings. The van der Waals surface area contributed by atoms with Crippen LogP contribution in [0.25, 0.3) is 0 Å². The molecule has 0 saturated carbocycles. The van der Waals surface area contributed by atoms with E-state index < -0.39 is 23.4 Å². The lowest BCUT2D eigenvalue weighted by Gasteiger charge is -2.26. The van der Waals surface area contributed by atoms with Crippen molar-refractivity contribution < 1.29 is 17.6 Å². The minimum Gasteiger partial charge on any atom is -0.475 e. The monoisotopic (exact) mass is 595 g/mol. The number of benzene rings is 2. The van der Waals surface area contributed by atoms with Crippen LogP contribution in [-0.2, 0) is 19.0 Å². The van der Waals surface area contributed by atoms with Crippen LogP contribution in [-0.4, -0.2) is 46.6 Å². The SMILES string of the molecule is CCCCCCCCC/C=C/C(C/C=C/[C@@H](O[Si](C)(C)C)[C@@H]1COC(c2ccccc2)=N1)S(=O)(=O)c1ccccc1. The standard InChI is InChI=1S/C34H49NO4SSi/c1-5-6-7-8-9-10-11-12-17-23-31(40(36,37)30-24-18-14-19-25-30)26-20-27-33(39-41(2,3)4)32-28-38-34(35-32)29-21-15-13-16-22-29/h13-25,27,31-33H,5-12,26,28H2,1-4H3/b23-17+,27-20+/t31?,32-,33+/m0/s1. The highest BCUT2D eigenvalue weighted by Crippen LogP contribution is 2.23. The molecule has 0 aliphatic carbocycles. The largest absolute Gasteiger partial charge is 0.475 e. The van der Waals surface area contributed by atoms with E-state index in [9.17, 15) is 8.42 Å². The van der Waals surface area contributed by atoms with Crippen LogP contribution < -0.4 is 0 Å². The van der Waals surface area contributed by atoms with E-state index in [-0.39, 0.29) is 12.1 Å². The van der Waals surface area contributed by atoms with Gasteiger partial charge in [0.15, 0.2) is 18.2 Å². The van der Waals surface area contributed by atoms with Gasteiger partial charge in [-0.2, -0.15) is 0 Å². The lowest BCUT2D eigenvalue weighted by molar-refractivity contribution is 0.183. The first kappa shape index (κ1) is 33.0. The fourth-order valence-electron chi connectivity index (χ4n) is 4.86. The first-order valence-electron chi connectivity index (χ1n) is 15.3. The molecule has 41 heavy (non-hydrogen) atoms. The molecule has 7 heteroatoms. The van der Waals surface area contributed by atoms with Crippen LogP contribution in [0.3, 0.4) is 0 Å². The lowest BCUT2D eigenvalue weighted by Crippen LogP contribution is -2.37. The summed E-state index contributed by atoms with van der Waals surface area (Å²) in [5, 5.41) is -0.638. The number of hydrogen-bond acceptors (Lipinski definition) is 5. The van der Waals surface area contributed by atoms with Gasteiger partial charge in [-0.05, 0) is 63.2 Å². The van der Waals surface area contributed by atoms with E-state index in [1.807, 2.05) is 54.6 Å². The Morgan fingerprint density at radius 3 is 2.20 bits per heavy atom. The van der Waals surface area contributed by atoms with Crippen molar-refractivity contribution in [2.75, 3.05) is 6.61 Å². The third kappa shape index (κ3) is 11.4. The van der Waals surface area contributed by atoms with E-state index in [1.54, 1.807) is 24.3 Å². The summed E-state index contributed by atoms with van der Waals surface area (Å²) in [5.41, 5.74) is 0.950. The second kappa shape index (κ2) is 16.8. The van der Waals surface area contributed by atoms with Gasteiger partial charge in [-0.3, -0.25) is 0 Å². The van der Waals surface area contributed by atoms with Gasteiger partial charge in [0, 0.05) is 5.56 Å². The Morgan fingerprint density at radius 1 is 0.902 bits per heavy atom. The van der Waals surface area contributed by atoms with Crippen molar-refractivity contribution in [1.82, 2.24) is 0 Å². The molecule has 1 aliphatic rings. The van der Waals surface area contributed by atoms with Crippen molar-refractivity contribution in [3.05, 3.63) is 90.5 Å². The molecule has 1 heterocycles. The molecule has 0 bridgehead atoms. The third-order valence-electron chi connectivity index (χ3n) is 7.05. The Bertz CT molecular complexity index is 1220. The van der Waals surface area contributed by atoms with Crippen LogP contribution in [0.4, 0.5) is 0 Å². The van der Waals surface area contributed by atoms with Gasteiger partial charge in [0.25, 0.3) is 0 Å². The molecule has 0 amide bonds. The van der Waals surface area contributed by atoms with E-state index in [1.165, 1.54) is 38.5 Å². The molecule has 0 radical (unpaired) electrons. The van der Waals surface area contributed by atoms with Crippen molar-refractivity contribution in [2.24, 2.45) is 4.99 Å². The first-order valence-corrected chi connectivity index (χ1v) is 20.2. The number of hydrogen-bond donors (Lipinski definition) is 0. The number of nitrogens with zero attached hydrogens (tertiary/aromatic N) is 1. The number of aliphatic imine (C=N–C) groups is 1. The maximum Gasteiger partial charge on any atom is 0.216 e. The van der Waals surface area contributed by atoms with E-state index >= 15 is 0 Å². The van der Waals surface area contributed by atoms with Gasteiger partial charge in [-0.15, -0.1) is 0 Å². The van der Waals surface area contributed by atoms with Gasteiger partial charge >= 0.3 is 0 Å². The average molecular weight is 596 g/mol. The molecule has 3 rings (SSSR count). The number of rotatable bonds is 18. The number of sulfone groups is 1. The van der Waals surface area contributed by atoms with E-state index in [4.69, 9.17) is 14.2 Å². The fourth-order valence-corrected chi connectivity index (χ4v) is 7.48. The summed E-state index contributed by atoms with van der Waals surface area (Å²) in [5.74, 6) is 0.631. The van der Waals surface area contributed by atoms with Gasteiger partial charge in [0.2, 0.25) is 5.90 Å². The average Bonchev–Trinajstić information content (AvgIpc) is 3.45. The maximum atomic E-state index is 13.6. The quantitative estimate of drug-likeness (QED) is 0.0984. The molecule has 2 aromatic rings. The zero-order valence-electron chi connectivity index (χ0n) is 25.4. The second-order valence-electron chi connectivity index (χ2n) is 11.8. The normalized spacial score (nSPS) is 17.6. The van der Waals surface area contributed by atoms with Gasteiger partial charge < -0.3 is 9.16 Å². The molecule has 0 spiro atoms. The van der Waals surface area contributed by atoms with Crippen LogP contribution in [0.5, 0.6) is 0 Å². The van der Waals surface area contributed by atoms with Crippen LogP contribution >= 0.6 is 0 Å². The molecular weight excluding hydrogens is 547 g/mol. The summed E-state index contributed by atoms with van der Waals surface area (Å²) in [7, 11) is -5.44. The molecule has 1 aliphatic heterocycles. The minimum absolute atomic E-state index is 0.176. The molecule has 1 unspecified atom stereocenters. The van der Waals surface area contributed by atoms with Crippen LogP contribution in [0.1, 0.15) is 70.3 Å². The van der Waals surface area contributed by atoms with Crippen LogP contribution in [0, 0.1) is 0 Å². The van der Waals surface area contributed by atoms with Crippen molar-refractivity contribution >= 4 is 24.1 Å². The molecule has 0 saturated heterocycles. The van der Waals surface area contributed by atoms with Crippen LogP contribution in [0.2, 0.25) is 19.6 Å². The zero-order chi connectivity index (χ0) is 29.6. The summed E-state index contributed by atoms with van der Waals surface area (Å²) in [6.45, 7) is 9.13. The van der Waals surface area contributed by atoms with Crippen molar-refractivity contribution in [3.63, 3.8) is 0 Å². The predicted octanol–water partition coefficient (Wildman–Crippen LogP) is 8.54. The van der Waals surface area contributed by atoms with Gasteiger partial charge in [0.1, 0.15) is 12.6 Å². The smallest absolute Gasteiger partial charge is 0.216 e. The molecule has 3 atom stereocenters.